The molecule has 4 heteroatoms. The number of nitrogen functional groups attached to an aromatic ring is 1. The Bertz CT molecular complexity index is 408. The van der Waals surface area contributed by atoms with Crippen LogP contribution >= 0.6 is 23.4 Å². The van der Waals surface area contributed by atoms with Crippen LogP contribution in [0.1, 0.15) is 5.56 Å². The number of halogens is 1. The van der Waals surface area contributed by atoms with Crippen LogP contribution in [-0.2, 0) is 5.75 Å². The van der Waals surface area contributed by atoms with Crippen molar-refractivity contribution in [3.63, 3.8) is 0 Å². The Morgan fingerprint density at radius 3 is 2.50 bits per heavy atom. The van der Waals surface area contributed by atoms with E-state index in [4.69, 9.17) is 17.3 Å². The summed E-state index contributed by atoms with van der Waals surface area (Å²) in [6.45, 7) is 0. The van der Waals surface area contributed by atoms with Crippen molar-refractivity contribution < 1.29 is 0 Å². The number of nitrogens with two attached hydrogens (primary N) is 1. The summed E-state index contributed by atoms with van der Waals surface area (Å²) < 4.78 is 0. The molecular weight excluding hydrogens is 240 g/mol. The minimum absolute atomic E-state index is 0.691. The molecule has 2 nitrogen and oxygen atoms in total. The zero-order valence-electron chi connectivity index (χ0n) is 8.56. The third-order valence-corrected chi connectivity index (χ3v) is 3.33. The van der Waals surface area contributed by atoms with Gasteiger partial charge >= 0.3 is 0 Å². The molecule has 82 valence electrons. The number of thioether (sulfide) groups is 1. The lowest BCUT2D eigenvalue weighted by molar-refractivity contribution is 1.13. The third kappa shape index (κ3) is 3.15. The van der Waals surface area contributed by atoms with E-state index in [-0.39, 0.29) is 0 Å². The van der Waals surface area contributed by atoms with E-state index in [0.29, 0.717) is 5.69 Å². The van der Waals surface area contributed by atoms with Gasteiger partial charge in [0.25, 0.3) is 0 Å². The fourth-order valence-electron chi connectivity index (χ4n) is 1.22. The van der Waals surface area contributed by atoms with Gasteiger partial charge < -0.3 is 5.73 Å². The van der Waals surface area contributed by atoms with Crippen molar-refractivity contribution in [2.24, 2.45) is 0 Å². The Morgan fingerprint density at radius 2 is 1.88 bits per heavy atom. The Labute approximate surface area is 104 Å². The average molecular weight is 251 g/mol. The van der Waals surface area contributed by atoms with Gasteiger partial charge in [-0.05, 0) is 29.8 Å². The van der Waals surface area contributed by atoms with Crippen LogP contribution in [0.5, 0.6) is 0 Å². The molecule has 0 aliphatic rings. The second kappa shape index (κ2) is 5.23. The predicted octanol–water partition coefficient (Wildman–Crippen LogP) is 3.61. The van der Waals surface area contributed by atoms with Gasteiger partial charge in [-0.2, -0.15) is 0 Å². The van der Waals surface area contributed by atoms with Crippen LogP contribution in [-0.4, -0.2) is 4.98 Å². The molecule has 0 aliphatic carbocycles. The van der Waals surface area contributed by atoms with Gasteiger partial charge in [0.15, 0.2) is 0 Å². The highest BCUT2D eigenvalue weighted by Crippen LogP contribution is 2.22. The van der Waals surface area contributed by atoms with Gasteiger partial charge in [-0.25, -0.2) is 4.98 Å². The maximum absolute atomic E-state index is 5.81. The van der Waals surface area contributed by atoms with Gasteiger partial charge in [0.1, 0.15) is 0 Å². The second-order valence-corrected chi connectivity index (χ2v) is 4.78. The minimum Gasteiger partial charge on any atom is -0.397 e. The highest BCUT2D eigenvalue weighted by atomic mass is 35.5. The first-order chi connectivity index (χ1) is 7.74. The van der Waals surface area contributed by atoms with E-state index in [2.05, 4.69) is 4.98 Å². The molecule has 0 bridgehead atoms. The fourth-order valence-corrected chi connectivity index (χ4v) is 2.14. The van der Waals surface area contributed by atoms with Gasteiger partial charge in [0.2, 0.25) is 0 Å². The van der Waals surface area contributed by atoms with Gasteiger partial charge in [-0.15, -0.1) is 11.8 Å². The topological polar surface area (TPSA) is 38.9 Å². The lowest BCUT2D eigenvalue weighted by atomic mass is 10.2. The molecule has 0 fully saturated rings. The quantitative estimate of drug-likeness (QED) is 0.846. The number of rotatable bonds is 3. The molecule has 2 aromatic rings. The summed E-state index contributed by atoms with van der Waals surface area (Å²) in [5.41, 5.74) is 7.48. The smallest absolute Gasteiger partial charge is 0.0964 e. The molecule has 2 rings (SSSR count). The summed E-state index contributed by atoms with van der Waals surface area (Å²) in [7, 11) is 0. The summed E-state index contributed by atoms with van der Waals surface area (Å²) in [4.78, 5) is 4.22. The first-order valence-corrected chi connectivity index (χ1v) is 6.19. The van der Waals surface area contributed by atoms with Gasteiger partial charge in [-0.3, -0.25) is 0 Å². The fraction of sp³-hybridized carbons (Fsp3) is 0.0833. The van der Waals surface area contributed by atoms with Crippen molar-refractivity contribution in [3.05, 3.63) is 53.2 Å². The van der Waals surface area contributed by atoms with Crippen LogP contribution in [0, 0.1) is 0 Å². The highest BCUT2D eigenvalue weighted by molar-refractivity contribution is 7.98. The number of aromatic nitrogens is 1. The van der Waals surface area contributed by atoms with E-state index in [1.54, 1.807) is 18.0 Å². The van der Waals surface area contributed by atoms with E-state index in [9.17, 15) is 0 Å². The van der Waals surface area contributed by atoms with E-state index in [0.717, 1.165) is 15.8 Å². The summed E-state index contributed by atoms with van der Waals surface area (Å²) >= 11 is 7.49. The van der Waals surface area contributed by atoms with Crippen LogP contribution in [0.3, 0.4) is 0 Å². The zero-order chi connectivity index (χ0) is 11.4. The molecular formula is C12H11ClN2S. The summed E-state index contributed by atoms with van der Waals surface area (Å²) in [6, 6.07) is 11.6. The van der Waals surface area contributed by atoms with Crippen molar-refractivity contribution in [1.82, 2.24) is 4.98 Å². The highest BCUT2D eigenvalue weighted by Gasteiger charge is 1.97. The standard InChI is InChI=1S/C12H11ClN2S/c13-10-3-1-9(2-4-10)8-16-12-6-5-11(14)7-15-12/h1-7H,8,14H2. The maximum Gasteiger partial charge on any atom is 0.0964 e. The number of anilines is 1. The third-order valence-electron chi connectivity index (χ3n) is 2.06. The number of hydrogen-bond acceptors (Lipinski definition) is 3. The summed E-state index contributed by atoms with van der Waals surface area (Å²) in [5, 5.41) is 1.74. The van der Waals surface area contributed by atoms with Crippen molar-refractivity contribution >= 4 is 29.1 Å². The molecule has 1 aromatic heterocycles. The van der Waals surface area contributed by atoms with E-state index < -0.39 is 0 Å². The Balaban J connectivity index is 1.97. The summed E-state index contributed by atoms with van der Waals surface area (Å²) in [6.07, 6.45) is 1.67. The van der Waals surface area contributed by atoms with Crippen molar-refractivity contribution in [2.45, 2.75) is 10.8 Å². The summed E-state index contributed by atoms with van der Waals surface area (Å²) in [5.74, 6) is 0.883. The second-order valence-electron chi connectivity index (χ2n) is 3.34. The van der Waals surface area contributed by atoms with E-state index in [1.165, 1.54) is 5.56 Å². The number of nitrogens with zero attached hydrogens (tertiary/aromatic N) is 1. The average Bonchev–Trinajstić information content (AvgIpc) is 2.30. The molecule has 0 spiro atoms. The zero-order valence-corrected chi connectivity index (χ0v) is 10.1. The molecule has 0 saturated heterocycles. The lowest BCUT2D eigenvalue weighted by Crippen LogP contribution is -1.87. The molecule has 16 heavy (non-hydrogen) atoms. The van der Waals surface area contributed by atoms with Crippen molar-refractivity contribution in [2.75, 3.05) is 5.73 Å². The molecule has 1 heterocycles. The molecule has 2 N–H and O–H groups in total. The Morgan fingerprint density at radius 1 is 1.12 bits per heavy atom. The largest absolute Gasteiger partial charge is 0.397 e. The molecule has 0 saturated carbocycles. The van der Waals surface area contributed by atoms with Crippen LogP contribution in [0.4, 0.5) is 5.69 Å². The van der Waals surface area contributed by atoms with Crippen LogP contribution in [0.25, 0.3) is 0 Å². The monoisotopic (exact) mass is 250 g/mol. The van der Waals surface area contributed by atoms with Gasteiger partial charge in [-0.1, -0.05) is 23.7 Å². The number of hydrogen-bond donors (Lipinski definition) is 1. The van der Waals surface area contributed by atoms with E-state index >= 15 is 0 Å². The van der Waals surface area contributed by atoms with Crippen LogP contribution in [0.15, 0.2) is 47.6 Å². The Kier molecular flexibility index (Phi) is 3.70. The Hall–Kier alpha value is -1.19. The SMILES string of the molecule is Nc1ccc(SCc2ccc(Cl)cc2)nc1. The molecule has 0 unspecified atom stereocenters. The maximum atomic E-state index is 5.81. The van der Waals surface area contributed by atoms with Crippen LogP contribution < -0.4 is 5.73 Å². The number of benzene rings is 1. The molecule has 0 atom stereocenters. The van der Waals surface area contributed by atoms with Crippen molar-refractivity contribution in [1.29, 1.82) is 0 Å². The number of pyridine rings is 1. The first kappa shape index (κ1) is 11.3. The normalized spacial score (nSPS) is 10.3. The van der Waals surface area contributed by atoms with Crippen LogP contribution in [0.2, 0.25) is 5.02 Å². The van der Waals surface area contributed by atoms with Gasteiger partial charge in [0, 0.05) is 10.8 Å². The molecule has 0 radical (unpaired) electrons. The van der Waals surface area contributed by atoms with Gasteiger partial charge in [0.05, 0.1) is 16.9 Å². The minimum atomic E-state index is 0.691. The molecule has 1 aromatic carbocycles. The molecule has 0 aliphatic heterocycles. The molecule has 0 amide bonds. The van der Waals surface area contributed by atoms with E-state index in [1.807, 2.05) is 36.4 Å². The lowest BCUT2D eigenvalue weighted by Gasteiger charge is -2.01. The first-order valence-electron chi connectivity index (χ1n) is 4.83. The van der Waals surface area contributed by atoms with Crippen molar-refractivity contribution in [3.8, 4) is 0 Å². The predicted molar refractivity (Wildman–Crippen MR) is 69.7 cm³/mol.